The Morgan fingerprint density at radius 3 is 2.42 bits per heavy atom. The highest BCUT2D eigenvalue weighted by Gasteiger charge is 2.20. The van der Waals surface area contributed by atoms with E-state index in [1.165, 1.54) is 12.8 Å². The molecule has 0 fully saturated rings. The summed E-state index contributed by atoms with van der Waals surface area (Å²) in [4.78, 5) is 9.91. The standard InChI is InChI=1S/C10H20O2/c1-4-6-10(3,5-2)7-8-12-9-11/h9H,4-8H2,1-3H3. The van der Waals surface area contributed by atoms with Crippen LogP contribution in [0.15, 0.2) is 0 Å². The van der Waals surface area contributed by atoms with Gasteiger partial charge in [0.25, 0.3) is 6.47 Å². The molecule has 0 amide bonds. The monoisotopic (exact) mass is 172 g/mol. The Labute approximate surface area is 75.3 Å². The normalized spacial score (nSPS) is 15.2. The fraction of sp³-hybridized carbons (Fsp3) is 0.900. The molecule has 0 aromatic carbocycles. The molecule has 0 aliphatic rings. The van der Waals surface area contributed by atoms with Crippen LogP contribution in [0, 0.1) is 5.41 Å². The lowest BCUT2D eigenvalue weighted by atomic mass is 9.80. The molecule has 2 heteroatoms. The minimum atomic E-state index is 0.359. The topological polar surface area (TPSA) is 26.3 Å². The van der Waals surface area contributed by atoms with Gasteiger partial charge in [-0.15, -0.1) is 0 Å². The van der Waals surface area contributed by atoms with Crippen LogP contribution in [-0.2, 0) is 9.53 Å². The van der Waals surface area contributed by atoms with Gasteiger partial charge in [-0.1, -0.05) is 33.6 Å². The van der Waals surface area contributed by atoms with E-state index >= 15 is 0 Å². The highest BCUT2D eigenvalue weighted by molar-refractivity contribution is 5.36. The van der Waals surface area contributed by atoms with Crippen molar-refractivity contribution in [1.82, 2.24) is 0 Å². The van der Waals surface area contributed by atoms with Gasteiger partial charge in [0.15, 0.2) is 0 Å². The first kappa shape index (κ1) is 11.5. The highest BCUT2D eigenvalue weighted by atomic mass is 16.5. The lowest BCUT2D eigenvalue weighted by Gasteiger charge is -2.27. The van der Waals surface area contributed by atoms with Crippen molar-refractivity contribution in [2.45, 2.75) is 46.5 Å². The van der Waals surface area contributed by atoms with E-state index in [4.69, 9.17) is 4.74 Å². The zero-order chi connectivity index (χ0) is 9.45. The number of ether oxygens (including phenoxy) is 1. The number of hydrogen-bond donors (Lipinski definition) is 0. The molecule has 0 heterocycles. The number of hydrogen-bond acceptors (Lipinski definition) is 2. The second kappa shape index (κ2) is 6.04. The summed E-state index contributed by atoms with van der Waals surface area (Å²) >= 11 is 0. The van der Waals surface area contributed by atoms with Crippen LogP contribution in [0.25, 0.3) is 0 Å². The van der Waals surface area contributed by atoms with Crippen molar-refractivity contribution in [1.29, 1.82) is 0 Å². The molecule has 0 spiro atoms. The first-order chi connectivity index (χ1) is 5.68. The summed E-state index contributed by atoms with van der Waals surface area (Å²) in [7, 11) is 0. The Bertz CT molecular complexity index is 123. The van der Waals surface area contributed by atoms with Crippen LogP contribution >= 0.6 is 0 Å². The van der Waals surface area contributed by atoms with Gasteiger partial charge < -0.3 is 4.74 Å². The van der Waals surface area contributed by atoms with Crippen molar-refractivity contribution in [2.24, 2.45) is 5.41 Å². The van der Waals surface area contributed by atoms with E-state index in [-0.39, 0.29) is 0 Å². The average Bonchev–Trinajstić information content (AvgIpc) is 2.06. The van der Waals surface area contributed by atoms with E-state index in [0.29, 0.717) is 18.5 Å². The van der Waals surface area contributed by atoms with Gasteiger partial charge in [0.1, 0.15) is 0 Å². The second-order valence-corrected chi connectivity index (χ2v) is 3.63. The molecule has 1 atom stereocenters. The zero-order valence-electron chi connectivity index (χ0n) is 8.43. The van der Waals surface area contributed by atoms with Crippen LogP contribution in [0.3, 0.4) is 0 Å². The van der Waals surface area contributed by atoms with Crippen molar-refractivity contribution >= 4 is 6.47 Å². The lowest BCUT2D eigenvalue weighted by molar-refractivity contribution is -0.129. The van der Waals surface area contributed by atoms with Gasteiger partial charge in [0.05, 0.1) is 6.61 Å². The molecule has 0 bridgehead atoms. The van der Waals surface area contributed by atoms with Crippen molar-refractivity contribution in [2.75, 3.05) is 6.61 Å². The lowest BCUT2D eigenvalue weighted by Crippen LogP contribution is -2.17. The Hall–Kier alpha value is -0.530. The molecule has 12 heavy (non-hydrogen) atoms. The average molecular weight is 172 g/mol. The molecule has 0 N–H and O–H groups in total. The van der Waals surface area contributed by atoms with E-state index in [2.05, 4.69) is 20.8 Å². The molecule has 1 unspecified atom stereocenters. The van der Waals surface area contributed by atoms with Crippen LogP contribution in [-0.4, -0.2) is 13.1 Å². The summed E-state index contributed by atoms with van der Waals surface area (Å²) in [6.07, 6.45) is 4.55. The van der Waals surface area contributed by atoms with Gasteiger partial charge in [-0.2, -0.15) is 0 Å². The Balaban J connectivity index is 3.70. The molecule has 72 valence electrons. The first-order valence-electron chi connectivity index (χ1n) is 4.73. The van der Waals surface area contributed by atoms with Gasteiger partial charge in [-0.25, -0.2) is 0 Å². The predicted molar refractivity (Wildman–Crippen MR) is 49.9 cm³/mol. The van der Waals surface area contributed by atoms with E-state index in [1.54, 1.807) is 0 Å². The van der Waals surface area contributed by atoms with Crippen molar-refractivity contribution in [3.63, 3.8) is 0 Å². The molecule has 0 aliphatic heterocycles. The quantitative estimate of drug-likeness (QED) is 0.436. The molecule has 2 nitrogen and oxygen atoms in total. The van der Waals surface area contributed by atoms with Crippen molar-refractivity contribution in [3.05, 3.63) is 0 Å². The second-order valence-electron chi connectivity index (χ2n) is 3.63. The van der Waals surface area contributed by atoms with E-state index < -0.39 is 0 Å². The molecular weight excluding hydrogens is 152 g/mol. The minimum Gasteiger partial charge on any atom is -0.468 e. The van der Waals surface area contributed by atoms with Crippen LogP contribution < -0.4 is 0 Å². The highest BCUT2D eigenvalue weighted by Crippen LogP contribution is 2.30. The number of carbonyl (C=O) groups excluding carboxylic acids is 1. The molecule has 0 aromatic heterocycles. The third-order valence-corrected chi connectivity index (χ3v) is 2.60. The third-order valence-electron chi connectivity index (χ3n) is 2.60. The summed E-state index contributed by atoms with van der Waals surface area (Å²) < 4.78 is 4.70. The van der Waals surface area contributed by atoms with Crippen molar-refractivity contribution in [3.8, 4) is 0 Å². The van der Waals surface area contributed by atoms with E-state index in [9.17, 15) is 4.79 Å². The molecule has 0 saturated heterocycles. The first-order valence-corrected chi connectivity index (χ1v) is 4.73. The Morgan fingerprint density at radius 1 is 1.33 bits per heavy atom. The van der Waals surface area contributed by atoms with E-state index in [1.807, 2.05) is 0 Å². The molecular formula is C10H20O2. The maximum absolute atomic E-state index is 9.91. The Morgan fingerprint density at radius 2 is 2.00 bits per heavy atom. The third kappa shape index (κ3) is 4.37. The maximum Gasteiger partial charge on any atom is 0.293 e. The number of rotatable bonds is 7. The van der Waals surface area contributed by atoms with E-state index in [0.717, 1.165) is 12.8 Å². The number of carbonyl (C=O) groups is 1. The summed E-state index contributed by atoms with van der Waals surface area (Å²) in [6, 6.07) is 0. The summed E-state index contributed by atoms with van der Waals surface area (Å²) in [6.45, 7) is 7.73. The van der Waals surface area contributed by atoms with Gasteiger partial charge in [-0.3, -0.25) is 4.79 Å². The Kier molecular flexibility index (Phi) is 5.77. The fourth-order valence-corrected chi connectivity index (χ4v) is 1.44. The van der Waals surface area contributed by atoms with Crippen LogP contribution in [0.5, 0.6) is 0 Å². The van der Waals surface area contributed by atoms with Crippen molar-refractivity contribution < 1.29 is 9.53 Å². The summed E-state index contributed by atoms with van der Waals surface area (Å²) in [5.41, 5.74) is 0.359. The van der Waals surface area contributed by atoms with Gasteiger partial charge in [0.2, 0.25) is 0 Å². The predicted octanol–water partition coefficient (Wildman–Crippen LogP) is 2.77. The minimum absolute atomic E-state index is 0.359. The van der Waals surface area contributed by atoms with Crippen LogP contribution in [0.1, 0.15) is 46.5 Å². The van der Waals surface area contributed by atoms with Crippen LogP contribution in [0.4, 0.5) is 0 Å². The fourth-order valence-electron chi connectivity index (χ4n) is 1.44. The molecule has 0 saturated carbocycles. The zero-order valence-corrected chi connectivity index (χ0v) is 8.43. The van der Waals surface area contributed by atoms with Crippen LogP contribution in [0.2, 0.25) is 0 Å². The summed E-state index contributed by atoms with van der Waals surface area (Å²) in [5, 5.41) is 0. The largest absolute Gasteiger partial charge is 0.468 e. The van der Waals surface area contributed by atoms with Gasteiger partial charge >= 0.3 is 0 Å². The smallest absolute Gasteiger partial charge is 0.293 e. The molecule has 0 aliphatic carbocycles. The van der Waals surface area contributed by atoms with Gasteiger partial charge in [0, 0.05) is 0 Å². The maximum atomic E-state index is 9.91. The molecule has 0 aromatic rings. The molecule has 0 radical (unpaired) electrons. The SMILES string of the molecule is CCCC(C)(CC)CCOC=O. The summed E-state index contributed by atoms with van der Waals surface area (Å²) in [5.74, 6) is 0. The van der Waals surface area contributed by atoms with Gasteiger partial charge in [-0.05, 0) is 18.3 Å². The molecule has 0 rings (SSSR count).